The van der Waals surface area contributed by atoms with Crippen LogP contribution in [0.25, 0.3) is 0 Å². The van der Waals surface area contributed by atoms with E-state index < -0.39 is 17.5 Å². The summed E-state index contributed by atoms with van der Waals surface area (Å²) in [6.45, 7) is -0.0958. The molecule has 1 amide bonds. The van der Waals surface area contributed by atoms with Crippen LogP contribution >= 0.6 is 0 Å². The Balaban J connectivity index is 0.00000107. The molecule has 2 aromatic rings. The predicted molar refractivity (Wildman–Crippen MR) is 111 cm³/mol. The first kappa shape index (κ1) is 23.6. The normalized spacial score (nSPS) is 20.2. The number of nitrogen functional groups attached to an aromatic ring is 1. The summed E-state index contributed by atoms with van der Waals surface area (Å²) in [5.74, 6) is -0.584. The molecule has 0 aliphatic carbocycles. The number of benzene rings is 1. The van der Waals surface area contributed by atoms with E-state index in [0.29, 0.717) is 22.7 Å². The number of aliphatic hydroxyl groups excluding tert-OH is 1. The molecular weight excluding hydrogens is 406 g/mol. The minimum Gasteiger partial charge on any atom is -0.497 e. The number of aliphatic carboxylic acids is 1. The third-order valence-electron chi connectivity index (χ3n) is 5.18. The Morgan fingerprint density at radius 3 is 2.65 bits per heavy atom. The van der Waals surface area contributed by atoms with E-state index in [-0.39, 0.29) is 38.3 Å². The van der Waals surface area contributed by atoms with Crippen LogP contribution in [0, 0.1) is 5.41 Å². The van der Waals surface area contributed by atoms with Gasteiger partial charge >= 0.3 is 5.97 Å². The lowest BCUT2D eigenvalue weighted by atomic mass is 9.72. The van der Waals surface area contributed by atoms with E-state index in [0.717, 1.165) is 0 Å². The number of nitrogens with zero attached hydrogens (tertiary/aromatic N) is 2. The first-order valence-corrected chi connectivity index (χ1v) is 9.40. The number of pyridine rings is 1. The molecule has 166 valence electrons. The van der Waals surface area contributed by atoms with Crippen molar-refractivity contribution in [1.82, 2.24) is 9.88 Å². The number of rotatable bonds is 5. The molecule has 2 heterocycles. The van der Waals surface area contributed by atoms with E-state index >= 15 is 0 Å². The van der Waals surface area contributed by atoms with E-state index in [1.165, 1.54) is 24.3 Å². The number of piperidine rings is 1. The number of amides is 1. The van der Waals surface area contributed by atoms with Gasteiger partial charge in [-0.1, -0.05) is 12.1 Å². The second kappa shape index (κ2) is 10.4. The second-order valence-corrected chi connectivity index (χ2v) is 7.10. The zero-order chi connectivity index (χ0) is 23.0. The molecule has 1 aliphatic rings. The molecule has 1 aliphatic heterocycles. The maximum absolute atomic E-state index is 12.8. The van der Waals surface area contributed by atoms with Crippen molar-refractivity contribution < 1.29 is 34.4 Å². The topological polar surface area (TPSA) is 163 Å². The Morgan fingerprint density at radius 2 is 2.06 bits per heavy atom. The minimum absolute atomic E-state index is 0.0739. The molecular formula is C21H25N3O7. The van der Waals surface area contributed by atoms with Crippen LogP contribution in [-0.2, 0) is 16.0 Å². The monoisotopic (exact) mass is 431 g/mol. The Hall–Kier alpha value is -3.66. The highest BCUT2D eigenvalue weighted by molar-refractivity contribution is 5.94. The van der Waals surface area contributed by atoms with Crippen molar-refractivity contribution in [1.29, 1.82) is 0 Å². The van der Waals surface area contributed by atoms with Gasteiger partial charge in [0, 0.05) is 19.3 Å². The largest absolute Gasteiger partial charge is 0.497 e. The predicted octanol–water partition coefficient (Wildman–Crippen LogP) is 0.894. The lowest BCUT2D eigenvalue weighted by Crippen LogP contribution is -2.58. The summed E-state index contributed by atoms with van der Waals surface area (Å²) in [7, 11) is 1.53. The van der Waals surface area contributed by atoms with Crippen molar-refractivity contribution in [3.63, 3.8) is 0 Å². The number of aliphatic hydroxyl groups is 1. The number of methoxy groups -OCH3 is 1. The van der Waals surface area contributed by atoms with Crippen LogP contribution in [0.5, 0.6) is 5.75 Å². The quantitative estimate of drug-likeness (QED) is 0.503. The summed E-state index contributed by atoms with van der Waals surface area (Å²) >= 11 is 0. The Bertz CT molecular complexity index is 919. The zero-order valence-corrected chi connectivity index (χ0v) is 17.0. The van der Waals surface area contributed by atoms with Gasteiger partial charge in [-0.15, -0.1) is 0 Å². The van der Waals surface area contributed by atoms with Crippen molar-refractivity contribution in [2.24, 2.45) is 5.41 Å². The van der Waals surface area contributed by atoms with Crippen LogP contribution in [0.3, 0.4) is 0 Å². The average molecular weight is 431 g/mol. The molecule has 1 fully saturated rings. The van der Waals surface area contributed by atoms with Gasteiger partial charge in [-0.25, -0.2) is 4.98 Å². The Kier molecular flexibility index (Phi) is 7.92. The van der Waals surface area contributed by atoms with E-state index in [9.17, 15) is 19.8 Å². The van der Waals surface area contributed by atoms with Crippen LogP contribution < -0.4 is 10.5 Å². The summed E-state index contributed by atoms with van der Waals surface area (Å²) in [5.41, 5.74) is 5.08. The highest BCUT2D eigenvalue weighted by atomic mass is 16.5. The van der Waals surface area contributed by atoms with E-state index in [1.54, 1.807) is 30.3 Å². The molecule has 1 aromatic carbocycles. The van der Waals surface area contributed by atoms with Gasteiger partial charge in [-0.05, 0) is 42.7 Å². The number of aromatic nitrogens is 1. The fraction of sp³-hybridized carbons (Fsp3) is 0.333. The van der Waals surface area contributed by atoms with Crippen LogP contribution in [0.1, 0.15) is 22.3 Å². The summed E-state index contributed by atoms with van der Waals surface area (Å²) < 4.78 is 5.20. The van der Waals surface area contributed by atoms with Crippen molar-refractivity contribution in [2.75, 3.05) is 25.9 Å². The van der Waals surface area contributed by atoms with Gasteiger partial charge < -0.3 is 30.7 Å². The molecule has 31 heavy (non-hydrogen) atoms. The number of carbonyl (C=O) groups is 3. The molecule has 5 N–H and O–H groups in total. The third-order valence-corrected chi connectivity index (χ3v) is 5.18. The molecule has 0 saturated carbocycles. The first-order valence-electron chi connectivity index (χ1n) is 9.40. The van der Waals surface area contributed by atoms with Gasteiger partial charge in [-0.2, -0.15) is 0 Å². The number of hydrogen-bond acceptors (Lipinski definition) is 7. The fourth-order valence-corrected chi connectivity index (χ4v) is 3.57. The van der Waals surface area contributed by atoms with E-state index in [4.69, 9.17) is 20.4 Å². The smallest absolute Gasteiger partial charge is 0.314 e. The van der Waals surface area contributed by atoms with Crippen molar-refractivity contribution in [2.45, 2.75) is 18.9 Å². The van der Waals surface area contributed by atoms with Crippen LogP contribution in [-0.4, -0.2) is 69.9 Å². The molecule has 0 spiro atoms. The van der Waals surface area contributed by atoms with Crippen molar-refractivity contribution in [3.05, 3.63) is 53.7 Å². The summed E-state index contributed by atoms with van der Waals surface area (Å²) in [4.78, 5) is 38.8. The number of carboxylic acid groups (broad SMARTS) is 2. The standard InChI is InChI=1S/C20H23N3O5.CH2O2/c1-28-15-4-2-3-13(9-15)10-20(19(26)27)12-23(8-7-16(20)24)18(25)14-5-6-17(21)22-11-14;2-1-3/h2-6,9,11,16,24H,7-8,10,12H2,1H3,(H2,21,22)(H,26,27);1H,(H,2,3)/t16-,20+;/m0./s1. The number of carbonyl (C=O) groups excluding carboxylic acids is 1. The first-order chi connectivity index (χ1) is 14.8. The second-order valence-electron chi connectivity index (χ2n) is 7.10. The maximum atomic E-state index is 12.8. The number of ether oxygens (including phenoxy) is 1. The highest BCUT2D eigenvalue weighted by Gasteiger charge is 2.50. The molecule has 1 aromatic heterocycles. The van der Waals surface area contributed by atoms with Gasteiger partial charge in [0.05, 0.1) is 18.8 Å². The molecule has 2 atom stereocenters. The van der Waals surface area contributed by atoms with Gasteiger partial charge in [0.2, 0.25) is 0 Å². The Labute approximate surface area is 178 Å². The van der Waals surface area contributed by atoms with Gasteiger partial charge in [-0.3, -0.25) is 14.4 Å². The number of carboxylic acids is 1. The average Bonchev–Trinajstić information content (AvgIpc) is 2.76. The molecule has 10 heteroatoms. The van der Waals surface area contributed by atoms with E-state index in [1.807, 2.05) is 0 Å². The lowest BCUT2D eigenvalue weighted by molar-refractivity contribution is -0.161. The van der Waals surface area contributed by atoms with E-state index in [2.05, 4.69) is 4.98 Å². The highest BCUT2D eigenvalue weighted by Crippen LogP contribution is 2.36. The number of anilines is 1. The van der Waals surface area contributed by atoms with Crippen molar-refractivity contribution >= 4 is 24.2 Å². The summed E-state index contributed by atoms with van der Waals surface area (Å²) in [6, 6.07) is 10.1. The van der Waals surface area contributed by atoms with Crippen LogP contribution in [0.4, 0.5) is 5.82 Å². The SMILES string of the molecule is COc1cccc(C[C@@]2(C(=O)O)CN(C(=O)c3ccc(N)nc3)CC[C@@H]2O)c1.O=CO. The third kappa shape index (κ3) is 5.48. The number of hydrogen-bond donors (Lipinski definition) is 4. The summed E-state index contributed by atoms with van der Waals surface area (Å²) in [5, 5.41) is 27.5. The van der Waals surface area contributed by atoms with Crippen LogP contribution in [0.2, 0.25) is 0 Å². The zero-order valence-electron chi connectivity index (χ0n) is 17.0. The summed E-state index contributed by atoms with van der Waals surface area (Å²) in [6.07, 6.45) is 0.534. The number of likely N-dealkylation sites (tertiary alicyclic amines) is 1. The Morgan fingerprint density at radius 1 is 1.35 bits per heavy atom. The van der Waals surface area contributed by atoms with Gasteiger partial charge in [0.15, 0.2) is 0 Å². The lowest BCUT2D eigenvalue weighted by Gasteiger charge is -2.43. The molecule has 0 unspecified atom stereocenters. The van der Waals surface area contributed by atoms with Gasteiger partial charge in [0.25, 0.3) is 12.4 Å². The maximum Gasteiger partial charge on any atom is 0.314 e. The number of nitrogens with two attached hydrogens (primary N) is 1. The molecule has 3 rings (SSSR count). The molecule has 0 radical (unpaired) electrons. The molecule has 1 saturated heterocycles. The minimum atomic E-state index is -1.51. The molecule has 10 nitrogen and oxygen atoms in total. The molecule has 0 bridgehead atoms. The fourth-order valence-electron chi connectivity index (χ4n) is 3.57. The van der Waals surface area contributed by atoms with Crippen molar-refractivity contribution in [3.8, 4) is 5.75 Å². The van der Waals surface area contributed by atoms with Gasteiger partial charge in [0.1, 0.15) is 17.0 Å². The van der Waals surface area contributed by atoms with Crippen LogP contribution in [0.15, 0.2) is 42.6 Å².